The summed E-state index contributed by atoms with van der Waals surface area (Å²) in [5.41, 5.74) is 5.56. The van der Waals surface area contributed by atoms with Crippen molar-refractivity contribution >= 4 is 23.3 Å². The average molecular weight is 350 g/mol. The van der Waals surface area contributed by atoms with E-state index in [0.29, 0.717) is 28.8 Å². The fourth-order valence-corrected chi connectivity index (χ4v) is 3.11. The van der Waals surface area contributed by atoms with Gasteiger partial charge in [0.05, 0.1) is 10.6 Å². The molecule has 2 aromatic rings. The number of primary amides is 1. The Labute approximate surface area is 145 Å². The molecular weight excluding hydrogens is 330 g/mol. The van der Waals surface area contributed by atoms with E-state index in [1.165, 1.54) is 6.20 Å². The second kappa shape index (κ2) is 6.76. The minimum absolute atomic E-state index is 0.170. The first-order valence-corrected chi connectivity index (χ1v) is 8.37. The normalized spacial score (nSPS) is 18.2. The Bertz CT molecular complexity index is 746. The van der Waals surface area contributed by atoms with Gasteiger partial charge in [0, 0.05) is 31.1 Å². The van der Waals surface area contributed by atoms with Crippen molar-refractivity contribution in [2.45, 2.75) is 38.5 Å². The van der Waals surface area contributed by atoms with Crippen LogP contribution in [0.5, 0.6) is 0 Å². The van der Waals surface area contributed by atoms with Gasteiger partial charge in [-0.1, -0.05) is 30.6 Å². The van der Waals surface area contributed by atoms with Crippen LogP contribution in [0.25, 0.3) is 0 Å². The summed E-state index contributed by atoms with van der Waals surface area (Å²) in [6, 6.07) is 1.56. The molecule has 2 aromatic heterocycles. The summed E-state index contributed by atoms with van der Waals surface area (Å²) < 4.78 is 5.31. The zero-order valence-electron chi connectivity index (χ0n) is 13.7. The molecule has 24 heavy (non-hydrogen) atoms. The summed E-state index contributed by atoms with van der Waals surface area (Å²) in [5, 5.41) is 4.54. The summed E-state index contributed by atoms with van der Waals surface area (Å²) in [6.45, 7) is 5.59. The van der Waals surface area contributed by atoms with Gasteiger partial charge in [0.1, 0.15) is 5.82 Å². The summed E-state index contributed by atoms with van der Waals surface area (Å²) in [4.78, 5) is 22.1. The van der Waals surface area contributed by atoms with Crippen LogP contribution in [0.2, 0.25) is 5.02 Å². The standard InChI is InChI=1S/C16H20ClN5O2/c1-9(2)16-20-14(21-24-16)10-4-3-5-22(8-10)15-12(17)6-11(7-19-15)13(18)23/h6-7,9-10H,3-5,8H2,1-2H3,(H2,18,23)/t10-/m0/s1. The van der Waals surface area contributed by atoms with Crippen LogP contribution in [-0.2, 0) is 0 Å². The number of carbonyl (C=O) groups is 1. The van der Waals surface area contributed by atoms with E-state index in [1.54, 1.807) is 6.07 Å². The number of aromatic nitrogens is 3. The second-order valence-corrected chi connectivity index (χ2v) is 6.73. The largest absolute Gasteiger partial charge is 0.366 e. The molecule has 1 fully saturated rings. The Morgan fingerprint density at radius 2 is 2.29 bits per heavy atom. The summed E-state index contributed by atoms with van der Waals surface area (Å²) in [6.07, 6.45) is 3.43. The maximum Gasteiger partial charge on any atom is 0.250 e. The molecule has 8 heteroatoms. The summed E-state index contributed by atoms with van der Waals surface area (Å²) >= 11 is 6.28. The Hall–Kier alpha value is -2.15. The Morgan fingerprint density at radius 1 is 1.50 bits per heavy atom. The van der Waals surface area contributed by atoms with Gasteiger partial charge in [-0.2, -0.15) is 4.98 Å². The number of hydrogen-bond acceptors (Lipinski definition) is 6. The van der Waals surface area contributed by atoms with E-state index in [4.69, 9.17) is 21.9 Å². The third-order valence-corrected chi connectivity index (χ3v) is 4.42. The monoisotopic (exact) mass is 349 g/mol. The first-order chi connectivity index (χ1) is 11.5. The van der Waals surface area contributed by atoms with E-state index in [2.05, 4.69) is 20.0 Å². The predicted octanol–water partition coefficient (Wildman–Crippen LogP) is 2.72. The lowest BCUT2D eigenvalue weighted by molar-refractivity contribution is 0.1000. The van der Waals surface area contributed by atoms with Crippen molar-refractivity contribution < 1.29 is 9.32 Å². The molecule has 1 aliphatic rings. The van der Waals surface area contributed by atoms with Crippen molar-refractivity contribution in [1.82, 2.24) is 15.1 Å². The number of pyridine rings is 1. The van der Waals surface area contributed by atoms with Gasteiger partial charge in [0.2, 0.25) is 11.8 Å². The fourth-order valence-electron chi connectivity index (χ4n) is 2.83. The number of piperidine rings is 1. The van der Waals surface area contributed by atoms with Crippen molar-refractivity contribution in [2.75, 3.05) is 18.0 Å². The fraction of sp³-hybridized carbons (Fsp3) is 0.500. The number of nitrogens with zero attached hydrogens (tertiary/aromatic N) is 4. The minimum Gasteiger partial charge on any atom is -0.366 e. The molecule has 0 radical (unpaired) electrons. The first kappa shape index (κ1) is 16.7. The molecular formula is C16H20ClN5O2. The highest BCUT2D eigenvalue weighted by Gasteiger charge is 2.27. The number of anilines is 1. The van der Waals surface area contributed by atoms with Crippen molar-refractivity contribution in [3.63, 3.8) is 0 Å². The number of hydrogen-bond donors (Lipinski definition) is 1. The van der Waals surface area contributed by atoms with Crippen LogP contribution < -0.4 is 10.6 Å². The van der Waals surface area contributed by atoms with E-state index >= 15 is 0 Å². The third-order valence-electron chi connectivity index (χ3n) is 4.14. The SMILES string of the molecule is CC(C)c1nc([C@H]2CCCN(c3ncc(C(N)=O)cc3Cl)C2)no1. The van der Waals surface area contributed by atoms with Gasteiger partial charge in [-0.05, 0) is 18.9 Å². The number of nitrogens with two attached hydrogens (primary N) is 1. The molecule has 2 N–H and O–H groups in total. The number of rotatable bonds is 4. The number of amides is 1. The summed E-state index contributed by atoms with van der Waals surface area (Å²) in [7, 11) is 0. The molecule has 0 aromatic carbocycles. The summed E-state index contributed by atoms with van der Waals surface area (Å²) in [5.74, 6) is 1.88. The van der Waals surface area contributed by atoms with Crippen LogP contribution in [-0.4, -0.2) is 34.1 Å². The zero-order chi connectivity index (χ0) is 17.3. The van der Waals surface area contributed by atoms with Crippen LogP contribution in [0.1, 0.15) is 60.6 Å². The van der Waals surface area contributed by atoms with Crippen molar-refractivity contribution in [3.8, 4) is 0 Å². The first-order valence-electron chi connectivity index (χ1n) is 7.99. The zero-order valence-corrected chi connectivity index (χ0v) is 14.5. The Morgan fingerprint density at radius 3 is 2.92 bits per heavy atom. The van der Waals surface area contributed by atoms with Gasteiger partial charge >= 0.3 is 0 Å². The van der Waals surface area contributed by atoms with Gasteiger partial charge in [0.25, 0.3) is 0 Å². The molecule has 0 bridgehead atoms. The molecule has 0 aliphatic carbocycles. The van der Waals surface area contributed by atoms with Crippen LogP contribution in [0, 0.1) is 0 Å². The number of halogens is 1. The van der Waals surface area contributed by atoms with Crippen molar-refractivity contribution in [3.05, 3.63) is 34.6 Å². The molecule has 0 spiro atoms. The molecule has 3 rings (SSSR count). The van der Waals surface area contributed by atoms with Crippen LogP contribution in [0.15, 0.2) is 16.8 Å². The highest BCUT2D eigenvalue weighted by atomic mass is 35.5. The lowest BCUT2D eigenvalue weighted by atomic mass is 9.97. The van der Waals surface area contributed by atoms with Crippen LogP contribution in [0.3, 0.4) is 0 Å². The average Bonchev–Trinajstić information content (AvgIpc) is 3.05. The van der Waals surface area contributed by atoms with E-state index in [1.807, 2.05) is 13.8 Å². The van der Waals surface area contributed by atoms with Gasteiger partial charge < -0.3 is 15.2 Å². The maximum absolute atomic E-state index is 11.2. The topological polar surface area (TPSA) is 98.1 Å². The second-order valence-electron chi connectivity index (χ2n) is 6.32. The van der Waals surface area contributed by atoms with Crippen molar-refractivity contribution in [1.29, 1.82) is 0 Å². The highest BCUT2D eigenvalue weighted by Crippen LogP contribution is 2.32. The molecule has 7 nitrogen and oxygen atoms in total. The third kappa shape index (κ3) is 3.36. The molecule has 1 atom stereocenters. The Balaban J connectivity index is 1.79. The lowest BCUT2D eigenvalue weighted by Crippen LogP contribution is -2.35. The Kier molecular flexibility index (Phi) is 4.71. The van der Waals surface area contributed by atoms with Crippen LogP contribution in [0.4, 0.5) is 5.82 Å². The van der Waals surface area contributed by atoms with Gasteiger partial charge in [-0.3, -0.25) is 4.79 Å². The molecule has 1 amide bonds. The molecule has 1 aliphatic heterocycles. The molecule has 0 saturated carbocycles. The lowest BCUT2D eigenvalue weighted by Gasteiger charge is -2.32. The molecule has 1 saturated heterocycles. The molecule has 128 valence electrons. The predicted molar refractivity (Wildman–Crippen MR) is 90.3 cm³/mol. The van der Waals surface area contributed by atoms with Crippen molar-refractivity contribution in [2.24, 2.45) is 5.73 Å². The van der Waals surface area contributed by atoms with E-state index in [-0.39, 0.29) is 11.8 Å². The van der Waals surface area contributed by atoms with Gasteiger partial charge in [0.15, 0.2) is 5.82 Å². The minimum atomic E-state index is -0.541. The molecule has 3 heterocycles. The number of carbonyl (C=O) groups excluding carboxylic acids is 1. The maximum atomic E-state index is 11.2. The quantitative estimate of drug-likeness (QED) is 0.911. The smallest absolute Gasteiger partial charge is 0.250 e. The van der Waals surface area contributed by atoms with Gasteiger partial charge in [-0.15, -0.1) is 0 Å². The highest BCUT2D eigenvalue weighted by molar-refractivity contribution is 6.33. The van der Waals surface area contributed by atoms with E-state index in [0.717, 1.165) is 25.2 Å². The van der Waals surface area contributed by atoms with E-state index in [9.17, 15) is 4.79 Å². The van der Waals surface area contributed by atoms with E-state index < -0.39 is 5.91 Å². The van der Waals surface area contributed by atoms with Crippen LogP contribution >= 0.6 is 11.6 Å². The van der Waals surface area contributed by atoms with Gasteiger partial charge in [-0.25, -0.2) is 4.98 Å². The molecule has 0 unspecified atom stereocenters.